The van der Waals surface area contributed by atoms with Crippen molar-refractivity contribution in [3.8, 4) is 34.4 Å². The summed E-state index contributed by atoms with van der Waals surface area (Å²) in [5.74, 6) is 1.71. The van der Waals surface area contributed by atoms with Crippen LogP contribution in [0.1, 0.15) is 16.8 Å². The maximum absolute atomic E-state index is 5.48. The van der Waals surface area contributed by atoms with E-state index in [0.29, 0.717) is 17.4 Å². The number of benzene rings is 2. The molecule has 2 heterocycles. The van der Waals surface area contributed by atoms with Gasteiger partial charge in [-0.2, -0.15) is 4.98 Å². The van der Waals surface area contributed by atoms with E-state index in [9.17, 15) is 0 Å². The largest absolute Gasteiger partial charge is 0.497 e. The second kappa shape index (κ2) is 6.72. The van der Waals surface area contributed by atoms with Crippen molar-refractivity contribution >= 4 is 0 Å². The zero-order valence-electron chi connectivity index (χ0n) is 15.7. The lowest BCUT2D eigenvalue weighted by Crippen LogP contribution is -2.00. The Hall–Kier alpha value is -3.41. The van der Waals surface area contributed by atoms with Crippen molar-refractivity contribution in [3.63, 3.8) is 0 Å². The number of hydrogen-bond acceptors (Lipinski definition) is 5. The summed E-state index contributed by atoms with van der Waals surface area (Å²) in [6.07, 6.45) is 1.80. The molecule has 2 aromatic heterocycles. The number of hydrogen-bond donors (Lipinski definition) is 0. The standard InChI is InChI=1S/C21H20N4O2/c1-13-6-5-7-14(2)19(13)25-12-22-18(15(25)3)21-23-20(24-27-21)16-8-10-17(26-4)11-9-16/h5-12H,1-4H3. The van der Waals surface area contributed by atoms with E-state index >= 15 is 0 Å². The quantitative estimate of drug-likeness (QED) is 0.535. The molecule has 27 heavy (non-hydrogen) atoms. The zero-order valence-corrected chi connectivity index (χ0v) is 15.7. The van der Waals surface area contributed by atoms with Gasteiger partial charge in [-0.15, -0.1) is 0 Å². The van der Waals surface area contributed by atoms with E-state index in [1.807, 2.05) is 31.2 Å². The van der Waals surface area contributed by atoms with Crippen LogP contribution in [-0.4, -0.2) is 26.8 Å². The topological polar surface area (TPSA) is 66.0 Å². The molecule has 0 fully saturated rings. The minimum atomic E-state index is 0.406. The van der Waals surface area contributed by atoms with Crippen molar-refractivity contribution in [1.82, 2.24) is 19.7 Å². The molecule has 6 heteroatoms. The van der Waals surface area contributed by atoms with Gasteiger partial charge >= 0.3 is 0 Å². The van der Waals surface area contributed by atoms with E-state index in [0.717, 1.165) is 22.7 Å². The fourth-order valence-corrected chi connectivity index (χ4v) is 3.21. The Morgan fingerprint density at radius 1 is 0.963 bits per heavy atom. The predicted octanol–water partition coefficient (Wildman–Crippen LogP) is 4.52. The van der Waals surface area contributed by atoms with Gasteiger partial charge < -0.3 is 13.8 Å². The fraction of sp³-hybridized carbons (Fsp3) is 0.190. The van der Waals surface area contributed by atoms with Crippen molar-refractivity contribution in [3.05, 3.63) is 65.6 Å². The van der Waals surface area contributed by atoms with Crippen LogP contribution in [-0.2, 0) is 0 Å². The molecule has 6 nitrogen and oxygen atoms in total. The van der Waals surface area contributed by atoms with Gasteiger partial charge in [0.1, 0.15) is 17.8 Å². The third-order valence-corrected chi connectivity index (χ3v) is 4.66. The van der Waals surface area contributed by atoms with Crippen LogP contribution in [0.25, 0.3) is 28.7 Å². The Balaban J connectivity index is 1.71. The molecular weight excluding hydrogens is 340 g/mol. The zero-order chi connectivity index (χ0) is 19.0. The number of methoxy groups -OCH3 is 1. The van der Waals surface area contributed by atoms with Gasteiger partial charge in [-0.1, -0.05) is 23.4 Å². The highest BCUT2D eigenvalue weighted by Crippen LogP contribution is 2.28. The van der Waals surface area contributed by atoms with Gasteiger partial charge in [-0.3, -0.25) is 0 Å². The van der Waals surface area contributed by atoms with Gasteiger partial charge in [-0.05, 0) is 56.2 Å². The summed E-state index contributed by atoms with van der Waals surface area (Å²) in [5, 5.41) is 4.10. The second-order valence-corrected chi connectivity index (χ2v) is 6.44. The Labute approximate surface area is 157 Å². The minimum Gasteiger partial charge on any atom is -0.497 e. The van der Waals surface area contributed by atoms with Crippen LogP contribution >= 0.6 is 0 Å². The van der Waals surface area contributed by atoms with E-state index in [-0.39, 0.29) is 0 Å². The van der Waals surface area contributed by atoms with Crippen molar-refractivity contribution in [2.45, 2.75) is 20.8 Å². The Morgan fingerprint density at radius 2 is 1.67 bits per heavy atom. The number of ether oxygens (including phenoxy) is 1. The average molecular weight is 360 g/mol. The molecular formula is C21H20N4O2. The van der Waals surface area contributed by atoms with Crippen molar-refractivity contribution in [2.24, 2.45) is 0 Å². The maximum atomic E-state index is 5.48. The van der Waals surface area contributed by atoms with Crippen LogP contribution in [0.4, 0.5) is 0 Å². The summed E-state index contributed by atoms with van der Waals surface area (Å²) >= 11 is 0. The minimum absolute atomic E-state index is 0.406. The lowest BCUT2D eigenvalue weighted by atomic mass is 10.1. The highest BCUT2D eigenvalue weighted by atomic mass is 16.5. The van der Waals surface area contributed by atoms with Gasteiger partial charge in [0.2, 0.25) is 5.82 Å². The maximum Gasteiger partial charge on any atom is 0.278 e. The van der Waals surface area contributed by atoms with E-state index in [2.05, 4.69) is 51.7 Å². The van der Waals surface area contributed by atoms with Crippen LogP contribution in [0.5, 0.6) is 5.75 Å². The number of para-hydroxylation sites is 1. The SMILES string of the molecule is COc1ccc(-c2noc(-c3ncn(-c4c(C)cccc4C)c3C)n2)cc1. The highest BCUT2D eigenvalue weighted by molar-refractivity contribution is 5.61. The lowest BCUT2D eigenvalue weighted by molar-refractivity contribution is 0.414. The Kier molecular flexibility index (Phi) is 4.24. The summed E-state index contributed by atoms with van der Waals surface area (Å²) in [5.41, 5.74) is 6.00. The summed E-state index contributed by atoms with van der Waals surface area (Å²) in [6.45, 7) is 6.19. The Bertz CT molecular complexity index is 1070. The van der Waals surface area contributed by atoms with E-state index in [4.69, 9.17) is 9.26 Å². The number of imidazole rings is 1. The fourth-order valence-electron chi connectivity index (χ4n) is 3.21. The summed E-state index contributed by atoms with van der Waals surface area (Å²) in [7, 11) is 1.64. The first kappa shape index (κ1) is 17.0. The van der Waals surface area contributed by atoms with Crippen LogP contribution in [0.3, 0.4) is 0 Å². The van der Waals surface area contributed by atoms with Crippen molar-refractivity contribution in [1.29, 1.82) is 0 Å². The summed E-state index contributed by atoms with van der Waals surface area (Å²) in [4.78, 5) is 9.05. The second-order valence-electron chi connectivity index (χ2n) is 6.44. The van der Waals surface area contributed by atoms with Crippen LogP contribution < -0.4 is 4.74 Å². The molecule has 0 amide bonds. The normalized spacial score (nSPS) is 11.0. The monoisotopic (exact) mass is 360 g/mol. The Morgan fingerprint density at radius 3 is 2.33 bits per heavy atom. The van der Waals surface area contributed by atoms with Gasteiger partial charge in [0.15, 0.2) is 0 Å². The molecule has 0 aliphatic carbocycles. The first-order chi connectivity index (χ1) is 13.1. The van der Waals surface area contributed by atoms with Crippen molar-refractivity contribution < 1.29 is 9.26 Å². The molecule has 0 N–H and O–H groups in total. The first-order valence-electron chi connectivity index (χ1n) is 8.67. The molecule has 2 aromatic carbocycles. The molecule has 0 saturated heterocycles. The molecule has 4 rings (SSSR count). The van der Waals surface area contributed by atoms with Crippen LogP contribution in [0.15, 0.2) is 53.3 Å². The molecule has 0 spiro atoms. The molecule has 0 unspecified atom stereocenters. The van der Waals surface area contributed by atoms with E-state index in [1.54, 1.807) is 13.4 Å². The molecule has 0 saturated carbocycles. The van der Waals surface area contributed by atoms with Gasteiger partial charge in [0, 0.05) is 5.56 Å². The smallest absolute Gasteiger partial charge is 0.278 e. The first-order valence-corrected chi connectivity index (χ1v) is 8.67. The average Bonchev–Trinajstić information content (AvgIpc) is 3.29. The third kappa shape index (κ3) is 2.99. The predicted molar refractivity (Wildman–Crippen MR) is 103 cm³/mol. The van der Waals surface area contributed by atoms with Crippen LogP contribution in [0, 0.1) is 20.8 Å². The number of rotatable bonds is 4. The molecule has 136 valence electrons. The number of nitrogens with zero attached hydrogens (tertiary/aromatic N) is 4. The van der Waals surface area contributed by atoms with Crippen molar-refractivity contribution in [2.75, 3.05) is 7.11 Å². The molecule has 0 bridgehead atoms. The molecule has 0 aliphatic rings. The molecule has 0 aliphatic heterocycles. The summed E-state index contributed by atoms with van der Waals surface area (Å²) in [6, 6.07) is 13.8. The number of aromatic nitrogens is 4. The number of aryl methyl sites for hydroxylation is 2. The van der Waals surface area contributed by atoms with Gasteiger partial charge in [-0.25, -0.2) is 4.98 Å². The molecule has 0 radical (unpaired) electrons. The van der Waals surface area contributed by atoms with Gasteiger partial charge in [0.05, 0.1) is 18.5 Å². The molecule has 0 atom stereocenters. The molecule has 4 aromatic rings. The third-order valence-electron chi connectivity index (χ3n) is 4.66. The lowest BCUT2D eigenvalue weighted by Gasteiger charge is -2.12. The highest BCUT2D eigenvalue weighted by Gasteiger charge is 2.18. The summed E-state index contributed by atoms with van der Waals surface area (Å²) < 4.78 is 12.7. The van der Waals surface area contributed by atoms with Crippen LogP contribution in [0.2, 0.25) is 0 Å². The van der Waals surface area contributed by atoms with E-state index in [1.165, 1.54) is 11.1 Å². The van der Waals surface area contributed by atoms with Gasteiger partial charge in [0.25, 0.3) is 5.89 Å². The van der Waals surface area contributed by atoms with E-state index < -0.39 is 0 Å².